The second kappa shape index (κ2) is 10.0. The Morgan fingerprint density at radius 3 is 2.88 bits per heavy atom. The summed E-state index contributed by atoms with van der Waals surface area (Å²) in [4.78, 5) is 40.0. The lowest BCUT2D eigenvalue weighted by atomic mass is 9.79. The van der Waals surface area contributed by atoms with E-state index in [0.29, 0.717) is 23.7 Å². The highest BCUT2D eigenvalue weighted by Crippen LogP contribution is 2.41. The third kappa shape index (κ3) is 4.33. The van der Waals surface area contributed by atoms with Crippen molar-refractivity contribution in [2.24, 2.45) is 16.5 Å². The number of nitrogens with zero attached hydrogens (tertiary/aromatic N) is 3. The van der Waals surface area contributed by atoms with Gasteiger partial charge in [0.1, 0.15) is 29.3 Å². The van der Waals surface area contributed by atoms with Crippen LogP contribution in [-0.2, 0) is 5.41 Å². The number of aromatic nitrogens is 1. The molecule has 14 nitrogen and oxygen atoms in total. The SMILES string of the molecule is COc1ccnc(C(=O)NC[C@@H]2N=C(N)N3CC(NC(=O)c4cccc5c4OCCC5(C)C)[C@@H](O)[C@@]34NC(N)=[NH+][C@@H]24)c1. The Balaban J connectivity index is 1.22. The molecule has 1 aromatic heterocycles. The maximum Gasteiger partial charge on any atom is 0.343 e. The Hall–Kier alpha value is -4.59. The lowest BCUT2D eigenvalue weighted by molar-refractivity contribution is -0.513. The standard InChI is InChI=1S/C28H35N9O5/c1-27(2)8-10-42-20-15(5-4-6-16(20)27)23(39)33-19-13-37-26(30)34-18(21-28(37,22(19)38)36-25(29)35-21)12-32-24(40)17-11-14(41-3)7-9-31-17/h4-7,9,11,18-19,21-22,38H,8,10,12-13H2,1-3H3,(H2,30,34)(H,32,40)(H,33,39)(H3,29,35,36)/p+1/t18-,19?,21-,22+,28-/m0/s1. The molecule has 2 amide bonds. The maximum absolute atomic E-state index is 13.6. The van der Waals surface area contributed by atoms with Gasteiger partial charge in [-0.15, -0.1) is 0 Å². The lowest BCUT2D eigenvalue weighted by Crippen LogP contribution is -2.88. The summed E-state index contributed by atoms with van der Waals surface area (Å²) in [6, 6.07) is 6.79. The first-order chi connectivity index (χ1) is 20.0. The number of carbonyl (C=O) groups excluding carboxylic acids is 2. The number of para-hydroxylation sites is 1. The molecule has 42 heavy (non-hydrogen) atoms. The third-order valence-corrected chi connectivity index (χ3v) is 8.69. The lowest BCUT2D eigenvalue weighted by Gasteiger charge is -2.43. The van der Waals surface area contributed by atoms with Gasteiger partial charge >= 0.3 is 5.96 Å². The molecule has 0 radical (unpaired) electrons. The summed E-state index contributed by atoms with van der Waals surface area (Å²) in [5.41, 5.74) is 12.8. The van der Waals surface area contributed by atoms with Gasteiger partial charge in [0.25, 0.3) is 11.8 Å². The van der Waals surface area contributed by atoms with Crippen LogP contribution in [-0.4, -0.2) is 95.4 Å². The molecular formula is C28H36N9O5+. The van der Waals surface area contributed by atoms with Gasteiger partial charge in [0, 0.05) is 30.9 Å². The zero-order valence-corrected chi connectivity index (χ0v) is 23.7. The van der Waals surface area contributed by atoms with Gasteiger partial charge in [0.15, 0.2) is 12.0 Å². The summed E-state index contributed by atoms with van der Waals surface area (Å²) in [5.74, 6) is 0.645. The van der Waals surface area contributed by atoms with Crippen molar-refractivity contribution in [3.05, 3.63) is 53.3 Å². The highest BCUT2D eigenvalue weighted by molar-refractivity contribution is 5.98. The van der Waals surface area contributed by atoms with E-state index in [9.17, 15) is 14.7 Å². The van der Waals surface area contributed by atoms with Gasteiger partial charge in [-0.1, -0.05) is 26.0 Å². The first kappa shape index (κ1) is 27.6. The minimum absolute atomic E-state index is 0.0770. The molecule has 9 N–H and O–H groups in total. The smallest absolute Gasteiger partial charge is 0.343 e. The number of carbonyl (C=O) groups is 2. The number of nitrogens with two attached hydrogens (primary N) is 2. The number of aliphatic imine (C=N–C) groups is 1. The molecule has 0 saturated carbocycles. The van der Waals surface area contributed by atoms with Crippen LogP contribution in [0.25, 0.3) is 0 Å². The van der Waals surface area contributed by atoms with E-state index in [0.717, 1.165) is 12.0 Å². The van der Waals surface area contributed by atoms with Crippen LogP contribution in [0.2, 0.25) is 0 Å². The number of aliphatic hydroxyl groups excluding tert-OH is 1. The van der Waals surface area contributed by atoms with Gasteiger partial charge in [0.2, 0.25) is 5.66 Å². The van der Waals surface area contributed by atoms with Gasteiger partial charge in [0.05, 0.1) is 25.3 Å². The Kier molecular flexibility index (Phi) is 6.60. The van der Waals surface area contributed by atoms with Crippen LogP contribution < -0.4 is 41.9 Å². The number of rotatable bonds is 6. The van der Waals surface area contributed by atoms with Crippen molar-refractivity contribution in [2.45, 2.75) is 55.6 Å². The molecule has 222 valence electrons. The number of guanidine groups is 2. The van der Waals surface area contributed by atoms with E-state index >= 15 is 0 Å². The molecule has 1 saturated heterocycles. The zero-order valence-electron chi connectivity index (χ0n) is 23.7. The topological polar surface area (TPSA) is 203 Å². The van der Waals surface area contributed by atoms with Crippen LogP contribution in [0.15, 0.2) is 41.5 Å². The second-order valence-corrected chi connectivity index (χ2v) is 11.6. The summed E-state index contributed by atoms with van der Waals surface area (Å²) < 4.78 is 11.1. The first-order valence-corrected chi connectivity index (χ1v) is 13.9. The predicted molar refractivity (Wildman–Crippen MR) is 152 cm³/mol. The van der Waals surface area contributed by atoms with Crippen molar-refractivity contribution in [1.29, 1.82) is 0 Å². The number of benzene rings is 1. The number of ether oxygens (including phenoxy) is 2. The summed E-state index contributed by atoms with van der Waals surface area (Å²) in [7, 11) is 1.51. The fourth-order valence-corrected chi connectivity index (χ4v) is 6.43. The Bertz CT molecular complexity index is 1490. The Morgan fingerprint density at radius 2 is 2.10 bits per heavy atom. The van der Waals surface area contributed by atoms with Crippen molar-refractivity contribution < 1.29 is 29.2 Å². The van der Waals surface area contributed by atoms with E-state index in [4.69, 9.17) is 20.9 Å². The molecule has 1 fully saturated rings. The monoisotopic (exact) mass is 578 g/mol. The summed E-state index contributed by atoms with van der Waals surface area (Å²) in [6.45, 7) is 5.02. The number of fused-ring (bicyclic) bond motifs is 1. The second-order valence-electron chi connectivity index (χ2n) is 11.6. The van der Waals surface area contributed by atoms with E-state index in [-0.39, 0.29) is 42.0 Å². The van der Waals surface area contributed by atoms with Crippen molar-refractivity contribution >= 4 is 23.7 Å². The van der Waals surface area contributed by atoms with Crippen LogP contribution in [0, 0.1) is 0 Å². The van der Waals surface area contributed by atoms with Crippen molar-refractivity contribution in [3.8, 4) is 11.5 Å². The predicted octanol–water partition coefficient (Wildman–Crippen LogP) is -2.88. The molecule has 14 heteroatoms. The van der Waals surface area contributed by atoms with Gasteiger partial charge in [-0.2, -0.15) is 0 Å². The molecule has 4 aliphatic rings. The Morgan fingerprint density at radius 1 is 1.29 bits per heavy atom. The van der Waals surface area contributed by atoms with Crippen LogP contribution in [0.1, 0.15) is 46.7 Å². The minimum atomic E-state index is -1.22. The summed E-state index contributed by atoms with van der Waals surface area (Å²) >= 11 is 0. The van der Waals surface area contributed by atoms with Gasteiger partial charge in [-0.25, -0.2) is 10.3 Å². The number of nitrogens with one attached hydrogen (secondary N) is 4. The maximum atomic E-state index is 13.6. The number of aliphatic hydroxyl groups is 1. The highest BCUT2D eigenvalue weighted by Gasteiger charge is 2.68. The van der Waals surface area contributed by atoms with E-state index in [1.54, 1.807) is 17.0 Å². The largest absolute Gasteiger partial charge is 0.497 e. The third-order valence-electron chi connectivity index (χ3n) is 8.69. The van der Waals surface area contributed by atoms with Gasteiger partial charge in [-0.3, -0.25) is 25.3 Å². The summed E-state index contributed by atoms with van der Waals surface area (Å²) in [5, 5.41) is 20.7. The molecule has 5 heterocycles. The fourth-order valence-electron chi connectivity index (χ4n) is 6.43. The molecule has 5 atom stereocenters. The van der Waals surface area contributed by atoms with Crippen LogP contribution in [0.5, 0.6) is 11.5 Å². The van der Waals surface area contributed by atoms with E-state index in [2.05, 4.69) is 44.8 Å². The number of methoxy groups -OCH3 is 1. The molecule has 1 spiro atoms. The Labute approximate surface area is 242 Å². The van der Waals surface area contributed by atoms with Crippen molar-refractivity contribution in [3.63, 3.8) is 0 Å². The number of hydrogen-bond donors (Lipinski definition) is 7. The number of hydrogen-bond acceptors (Lipinski definition) is 11. The van der Waals surface area contributed by atoms with E-state index < -0.39 is 35.8 Å². The molecule has 0 aliphatic carbocycles. The normalized spacial score (nSPS) is 28.6. The molecular weight excluding hydrogens is 542 g/mol. The molecule has 1 unspecified atom stereocenters. The number of pyridine rings is 1. The van der Waals surface area contributed by atoms with Crippen LogP contribution in [0.4, 0.5) is 0 Å². The number of amides is 2. The highest BCUT2D eigenvalue weighted by atomic mass is 16.5. The minimum Gasteiger partial charge on any atom is -0.497 e. The average molecular weight is 579 g/mol. The van der Waals surface area contributed by atoms with Gasteiger partial charge in [-0.05, 0) is 24.0 Å². The van der Waals surface area contributed by atoms with Crippen LogP contribution in [0.3, 0.4) is 0 Å². The molecule has 0 bridgehead atoms. The van der Waals surface area contributed by atoms with Crippen LogP contribution >= 0.6 is 0 Å². The quantitative estimate of drug-likeness (QED) is 0.186. The molecule has 1 aromatic carbocycles. The fraction of sp³-hybridized carbons (Fsp3) is 0.464. The first-order valence-electron chi connectivity index (χ1n) is 13.9. The summed E-state index contributed by atoms with van der Waals surface area (Å²) in [6.07, 6.45) is 1.18. The average Bonchev–Trinajstić information content (AvgIpc) is 3.47. The molecule has 2 aromatic rings. The zero-order chi connectivity index (χ0) is 29.8. The van der Waals surface area contributed by atoms with E-state index in [1.165, 1.54) is 19.4 Å². The molecule has 6 rings (SSSR count). The van der Waals surface area contributed by atoms with E-state index in [1.807, 2.05) is 12.1 Å². The van der Waals surface area contributed by atoms with Crippen molar-refractivity contribution in [2.75, 3.05) is 26.8 Å². The van der Waals surface area contributed by atoms with Crippen molar-refractivity contribution in [1.82, 2.24) is 25.8 Å². The van der Waals surface area contributed by atoms with Gasteiger partial charge < -0.3 is 35.8 Å². The molecule has 4 aliphatic heterocycles.